The standard InChI is InChI=1S/C22H35FN4O2/c1-4-6-20(26-22(29)24-13-18-8-10-19(23)11-9-18)21(28)25-17(3)15-27-12-5-7-16(2)14-27/h8-11,16-17,20H,4-7,12-15H2,1-3H3,(H,25,28)(H2,24,26,29)/t16-,17-,20-/m0/s1. The lowest BCUT2D eigenvalue weighted by molar-refractivity contribution is -0.123. The van der Waals surface area contributed by atoms with E-state index in [1.165, 1.54) is 25.0 Å². The first-order valence-corrected chi connectivity index (χ1v) is 10.7. The van der Waals surface area contributed by atoms with E-state index < -0.39 is 12.1 Å². The summed E-state index contributed by atoms with van der Waals surface area (Å²) in [4.78, 5) is 27.3. The zero-order valence-electron chi connectivity index (χ0n) is 17.8. The average Bonchev–Trinajstić information content (AvgIpc) is 2.67. The van der Waals surface area contributed by atoms with E-state index in [1.807, 2.05) is 13.8 Å². The zero-order valence-corrected chi connectivity index (χ0v) is 17.8. The normalized spacial score (nSPS) is 19.2. The highest BCUT2D eigenvalue weighted by molar-refractivity contribution is 5.87. The fourth-order valence-corrected chi connectivity index (χ4v) is 3.78. The predicted octanol–water partition coefficient (Wildman–Crippen LogP) is 3.03. The van der Waals surface area contributed by atoms with Gasteiger partial charge in [0.25, 0.3) is 0 Å². The topological polar surface area (TPSA) is 73.5 Å². The van der Waals surface area contributed by atoms with Gasteiger partial charge in [-0.25, -0.2) is 9.18 Å². The van der Waals surface area contributed by atoms with Gasteiger partial charge in [0.2, 0.25) is 5.91 Å². The average molecular weight is 407 g/mol. The van der Waals surface area contributed by atoms with Crippen LogP contribution in [-0.2, 0) is 11.3 Å². The third-order valence-corrected chi connectivity index (χ3v) is 5.23. The third-order valence-electron chi connectivity index (χ3n) is 5.23. The Morgan fingerprint density at radius 2 is 1.97 bits per heavy atom. The second-order valence-corrected chi connectivity index (χ2v) is 8.21. The Kier molecular flexibility index (Phi) is 9.38. The molecule has 1 aromatic carbocycles. The van der Waals surface area contributed by atoms with Crippen LogP contribution >= 0.6 is 0 Å². The number of likely N-dealkylation sites (tertiary alicyclic amines) is 1. The van der Waals surface area contributed by atoms with E-state index in [0.717, 1.165) is 31.6 Å². The van der Waals surface area contributed by atoms with Crippen molar-refractivity contribution < 1.29 is 14.0 Å². The van der Waals surface area contributed by atoms with Crippen molar-refractivity contribution in [2.75, 3.05) is 19.6 Å². The molecule has 0 bridgehead atoms. The number of halogens is 1. The van der Waals surface area contributed by atoms with E-state index in [-0.39, 0.29) is 24.3 Å². The number of carbonyl (C=O) groups is 2. The molecule has 0 aromatic heterocycles. The number of hydrogen-bond donors (Lipinski definition) is 3. The lowest BCUT2D eigenvalue weighted by atomic mass is 10.00. The molecule has 3 amide bonds. The summed E-state index contributed by atoms with van der Waals surface area (Å²) in [5.74, 6) is 0.235. The Morgan fingerprint density at radius 3 is 2.62 bits per heavy atom. The van der Waals surface area contributed by atoms with Gasteiger partial charge in [-0.2, -0.15) is 0 Å². The molecule has 0 radical (unpaired) electrons. The Bertz CT molecular complexity index is 653. The number of urea groups is 1. The van der Waals surface area contributed by atoms with Crippen molar-refractivity contribution in [2.24, 2.45) is 5.92 Å². The number of carbonyl (C=O) groups excluding carboxylic acids is 2. The van der Waals surface area contributed by atoms with Crippen LogP contribution in [0.15, 0.2) is 24.3 Å². The van der Waals surface area contributed by atoms with Crippen molar-refractivity contribution in [2.45, 2.75) is 65.1 Å². The van der Waals surface area contributed by atoms with E-state index in [1.54, 1.807) is 12.1 Å². The smallest absolute Gasteiger partial charge is 0.315 e. The van der Waals surface area contributed by atoms with Crippen LogP contribution in [0.25, 0.3) is 0 Å². The minimum Gasteiger partial charge on any atom is -0.351 e. The van der Waals surface area contributed by atoms with Crippen molar-refractivity contribution >= 4 is 11.9 Å². The summed E-state index contributed by atoms with van der Waals surface area (Å²) in [7, 11) is 0. The van der Waals surface area contributed by atoms with E-state index in [9.17, 15) is 14.0 Å². The summed E-state index contributed by atoms with van der Waals surface area (Å²) in [5.41, 5.74) is 0.794. The molecule has 0 aliphatic carbocycles. The first-order chi connectivity index (χ1) is 13.9. The molecule has 0 saturated carbocycles. The van der Waals surface area contributed by atoms with Gasteiger partial charge in [0, 0.05) is 25.7 Å². The van der Waals surface area contributed by atoms with Crippen molar-refractivity contribution in [3.8, 4) is 0 Å². The monoisotopic (exact) mass is 406 g/mol. The van der Waals surface area contributed by atoms with Gasteiger partial charge in [-0.05, 0) is 56.3 Å². The molecular weight excluding hydrogens is 371 g/mol. The lowest BCUT2D eigenvalue weighted by Crippen LogP contribution is -2.53. The van der Waals surface area contributed by atoms with E-state index in [0.29, 0.717) is 12.3 Å². The predicted molar refractivity (Wildman–Crippen MR) is 113 cm³/mol. The molecular formula is C22H35FN4O2. The van der Waals surface area contributed by atoms with E-state index in [4.69, 9.17) is 0 Å². The summed E-state index contributed by atoms with van der Waals surface area (Å²) in [6.07, 6.45) is 3.83. The fraction of sp³-hybridized carbons (Fsp3) is 0.636. The molecule has 162 valence electrons. The molecule has 0 unspecified atom stereocenters. The van der Waals surface area contributed by atoms with Crippen molar-refractivity contribution in [3.63, 3.8) is 0 Å². The minimum absolute atomic E-state index is 0.0243. The van der Waals surface area contributed by atoms with Crippen LogP contribution in [0.4, 0.5) is 9.18 Å². The maximum absolute atomic E-state index is 13.0. The fourth-order valence-electron chi connectivity index (χ4n) is 3.78. The molecule has 1 aromatic rings. The van der Waals surface area contributed by atoms with Gasteiger partial charge in [-0.3, -0.25) is 4.79 Å². The number of benzene rings is 1. The van der Waals surface area contributed by atoms with Crippen LogP contribution in [-0.4, -0.2) is 48.6 Å². The number of rotatable bonds is 9. The van der Waals surface area contributed by atoms with E-state index >= 15 is 0 Å². The highest BCUT2D eigenvalue weighted by Gasteiger charge is 2.23. The summed E-state index contributed by atoms with van der Waals surface area (Å²) in [5, 5.41) is 8.54. The van der Waals surface area contributed by atoms with Crippen LogP contribution in [0.1, 0.15) is 52.0 Å². The Morgan fingerprint density at radius 1 is 1.24 bits per heavy atom. The second kappa shape index (κ2) is 11.8. The first-order valence-electron chi connectivity index (χ1n) is 10.7. The van der Waals surface area contributed by atoms with Crippen LogP contribution < -0.4 is 16.0 Å². The van der Waals surface area contributed by atoms with Crippen LogP contribution in [0.5, 0.6) is 0 Å². The molecule has 0 spiro atoms. The van der Waals surface area contributed by atoms with Gasteiger partial charge < -0.3 is 20.9 Å². The molecule has 1 aliphatic rings. The van der Waals surface area contributed by atoms with Crippen molar-refractivity contribution in [3.05, 3.63) is 35.6 Å². The zero-order chi connectivity index (χ0) is 21.2. The molecule has 29 heavy (non-hydrogen) atoms. The molecule has 1 aliphatic heterocycles. The van der Waals surface area contributed by atoms with E-state index in [2.05, 4.69) is 27.8 Å². The summed E-state index contributed by atoms with van der Waals surface area (Å²) >= 11 is 0. The lowest BCUT2D eigenvalue weighted by Gasteiger charge is -2.33. The van der Waals surface area contributed by atoms with Crippen LogP contribution in [0, 0.1) is 11.7 Å². The molecule has 1 heterocycles. The van der Waals surface area contributed by atoms with Gasteiger partial charge in [0.05, 0.1) is 0 Å². The van der Waals surface area contributed by atoms with Crippen LogP contribution in [0.2, 0.25) is 0 Å². The number of hydrogen-bond acceptors (Lipinski definition) is 3. The van der Waals surface area contributed by atoms with Gasteiger partial charge in [0.15, 0.2) is 0 Å². The molecule has 1 saturated heterocycles. The Labute approximate surface area is 173 Å². The summed E-state index contributed by atoms with van der Waals surface area (Å²) < 4.78 is 13.0. The maximum Gasteiger partial charge on any atom is 0.315 e. The van der Waals surface area contributed by atoms with Crippen molar-refractivity contribution in [1.82, 2.24) is 20.9 Å². The first kappa shape index (κ1) is 23.1. The summed E-state index contributed by atoms with van der Waals surface area (Å²) in [6, 6.07) is 5.00. The summed E-state index contributed by atoms with van der Waals surface area (Å²) in [6.45, 7) is 9.50. The molecule has 2 rings (SSSR count). The minimum atomic E-state index is -0.573. The number of amides is 3. The van der Waals surface area contributed by atoms with Crippen molar-refractivity contribution in [1.29, 1.82) is 0 Å². The molecule has 3 atom stereocenters. The number of nitrogens with zero attached hydrogens (tertiary/aromatic N) is 1. The van der Waals surface area contributed by atoms with Crippen LogP contribution in [0.3, 0.4) is 0 Å². The highest BCUT2D eigenvalue weighted by atomic mass is 19.1. The van der Waals surface area contributed by atoms with Gasteiger partial charge in [0.1, 0.15) is 11.9 Å². The maximum atomic E-state index is 13.0. The second-order valence-electron chi connectivity index (χ2n) is 8.21. The third kappa shape index (κ3) is 8.40. The quantitative estimate of drug-likeness (QED) is 0.590. The largest absolute Gasteiger partial charge is 0.351 e. The highest BCUT2D eigenvalue weighted by Crippen LogP contribution is 2.15. The molecule has 6 nitrogen and oxygen atoms in total. The Hall–Kier alpha value is -2.15. The number of nitrogens with one attached hydrogen (secondary N) is 3. The van der Waals surface area contributed by atoms with Gasteiger partial charge in [-0.15, -0.1) is 0 Å². The van der Waals surface area contributed by atoms with Gasteiger partial charge >= 0.3 is 6.03 Å². The molecule has 1 fully saturated rings. The molecule has 7 heteroatoms. The van der Waals surface area contributed by atoms with Gasteiger partial charge in [-0.1, -0.05) is 32.4 Å². The Balaban J connectivity index is 1.79. The number of piperidine rings is 1. The molecule has 3 N–H and O–H groups in total. The SMILES string of the molecule is CCC[C@H](NC(=O)NCc1ccc(F)cc1)C(=O)N[C@@H](C)CN1CCC[C@H](C)C1.